The number of halogens is 6. The molecule has 0 radical (unpaired) electrons. The highest BCUT2D eigenvalue weighted by Crippen LogP contribution is 2.39. The van der Waals surface area contributed by atoms with Crippen molar-refractivity contribution in [2.75, 3.05) is 0 Å². The molecule has 0 spiro atoms. The molecular formula is C36H34F6O. The molecule has 226 valence electrons. The zero-order valence-electron chi connectivity index (χ0n) is 24.0. The maximum absolute atomic E-state index is 15.2. The summed E-state index contributed by atoms with van der Waals surface area (Å²) < 4.78 is 88.9. The SMILES string of the molecule is CCCCCC1CCC(c2ccc(-c3ccc(-c4ccc(C(F)(F)Oc5cc(F)c(F)c(F)c5)cc4)c(F)c3)cc2)CC1. The minimum absolute atomic E-state index is 0.231. The van der Waals surface area contributed by atoms with Crippen LogP contribution in [0.3, 0.4) is 0 Å². The van der Waals surface area contributed by atoms with Gasteiger partial charge in [-0.3, -0.25) is 0 Å². The molecule has 0 N–H and O–H groups in total. The van der Waals surface area contributed by atoms with Crippen molar-refractivity contribution >= 4 is 0 Å². The number of alkyl halides is 2. The van der Waals surface area contributed by atoms with Crippen molar-refractivity contribution < 1.29 is 31.1 Å². The van der Waals surface area contributed by atoms with Crippen molar-refractivity contribution in [1.29, 1.82) is 0 Å². The molecular weight excluding hydrogens is 562 g/mol. The van der Waals surface area contributed by atoms with Crippen molar-refractivity contribution in [3.8, 4) is 28.0 Å². The van der Waals surface area contributed by atoms with E-state index < -0.39 is 40.7 Å². The summed E-state index contributed by atoms with van der Waals surface area (Å²) in [6, 6.07) is 18.5. The fraction of sp³-hybridized carbons (Fsp3) is 0.333. The number of ether oxygens (including phenoxy) is 1. The third kappa shape index (κ3) is 7.26. The van der Waals surface area contributed by atoms with Gasteiger partial charge < -0.3 is 4.74 Å². The lowest BCUT2D eigenvalue weighted by Crippen LogP contribution is -2.22. The van der Waals surface area contributed by atoms with Crippen LogP contribution >= 0.6 is 0 Å². The maximum atomic E-state index is 15.2. The van der Waals surface area contributed by atoms with Gasteiger partial charge in [0, 0.05) is 17.7 Å². The highest BCUT2D eigenvalue weighted by Gasteiger charge is 2.35. The Kier molecular flexibility index (Phi) is 9.48. The van der Waals surface area contributed by atoms with Crippen LogP contribution in [0.2, 0.25) is 0 Å². The molecule has 1 saturated carbocycles. The monoisotopic (exact) mass is 596 g/mol. The fourth-order valence-electron chi connectivity index (χ4n) is 5.99. The van der Waals surface area contributed by atoms with Crippen LogP contribution in [0.15, 0.2) is 78.9 Å². The molecule has 0 unspecified atom stereocenters. The molecule has 0 heterocycles. The second-order valence-electron chi connectivity index (χ2n) is 11.4. The highest BCUT2D eigenvalue weighted by molar-refractivity contribution is 5.71. The molecule has 4 aromatic rings. The first-order valence-corrected chi connectivity index (χ1v) is 14.9. The van der Waals surface area contributed by atoms with Crippen LogP contribution in [0.5, 0.6) is 5.75 Å². The maximum Gasteiger partial charge on any atom is 0.426 e. The fourth-order valence-corrected chi connectivity index (χ4v) is 5.99. The number of benzene rings is 4. The van der Waals surface area contributed by atoms with Crippen molar-refractivity contribution in [3.05, 3.63) is 113 Å². The molecule has 0 bridgehead atoms. The summed E-state index contributed by atoms with van der Waals surface area (Å²) in [5, 5.41) is 0. The summed E-state index contributed by atoms with van der Waals surface area (Å²) in [6.07, 6.45) is 6.25. The molecule has 43 heavy (non-hydrogen) atoms. The molecule has 1 aliphatic rings. The second-order valence-corrected chi connectivity index (χ2v) is 11.4. The molecule has 0 atom stereocenters. The molecule has 0 aromatic heterocycles. The van der Waals surface area contributed by atoms with Gasteiger partial charge in [-0.05, 0) is 78.0 Å². The average Bonchev–Trinajstić information content (AvgIpc) is 3.00. The minimum atomic E-state index is -3.97. The van der Waals surface area contributed by atoms with Gasteiger partial charge in [0.05, 0.1) is 5.56 Å². The lowest BCUT2D eigenvalue weighted by Gasteiger charge is -2.29. The van der Waals surface area contributed by atoms with Crippen molar-refractivity contribution in [2.24, 2.45) is 5.92 Å². The summed E-state index contributed by atoms with van der Waals surface area (Å²) in [4.78, 5) is 0. The van der Waals surface area contributed by atoms with E-state index in [1.54, 1.807) is 12.1 Å². The van der Waals surface area contributed by atoms with Crippen LogP contribution in [-0.2, 0) is 6.11 Å². The van der Waals surface area contributed by atoms with E-state index in [1.807, 2.05) is 12.1 Å². The Morgan fingerprint density at radius 2 is 1.28 bits per heavy atom. The van der Waals surface area contributed by atoms with Gasteiger partial charge in [0.15, 0.2) is 17.5 Å². The van der Waals surface area contributed by atoms with E-state index in [9.17, 15) is 22.0 Å². The lowest BCUT2D eigenvalue weighted by atomic mass is 9.77. The molecule has 0 aliphatic heterocycles. The molecule has 1 nitrogen and oxygen atoms in total. The smallest absolute Gasteiger partial charge is 0.426 e. The Hall–Kier alpha value is -3.74. The third-order valence-corrected chi connectivity index (χ3v) is 8.48. The van der Waals surface area contributed by atoms with E-state index in [1.165, 1.54) is 75.1 Å². The second kappa shape index (κ2) is 13.3. The van der Waals surface area contributed by atoms with Crippen molar-refractivity contribution in [2.45, 2.75) is 70.3 Å². The average molecular weight is 597 g/mol. The van der Waals surface area contributed by atoms with Crippen LogP contribution in [0.1, 0.15) is 75.3 Å². The number of hydrogen-bond acceptors (Lipinski definition) is 1. The van der Waals surface area contributed by atoms with E-state index in [2.05, 4.69) is 23.8 Å². The van der Waals surface area contributed by atoms with E-state index in [4.69, 9.17) is 0 Å². The number of unbranched alkanes of at least 4 members (excludes halogenated alkanes) is 2. The van der Waals surface area contributed by atoms with E-state index >= 15 is 4.39 Å². The Morgan fingerprint density at radius 1 is 0.674 bits per heavy atom. The molecule has 7 heteroatoms. The number of hydrogen-bond donors (Lipinski definition) is 0. The van der Waals surface area contributed by atoms with Gasteiger partial charge in [0.2, 0.25) is 0 Å². The minimum Gasteiger partial charge on any atom is -0.429 e. The summed E-state index contributed by atoms with van der Waals surface area (Å²) in [6.45, 7) is 2.24. The zero-order valence-corrected chi connectivity index (χ0v) is 24.0. The predicted octanol–water partition coefficient (Wildman–Crippen LogP) is 11.6. The van der Waals surface area contributed by atoms with Gasteiger partial charge in [0.25, 0.3) is 0 Å². The summed E-state index contributed by atoms with van der Waals surface area (Å²) in [5.41, 5.74) is 2.90. The highest BCUT2D eigenvalue weighted by atomic mass is 19.3. The van der Waals surface area contributed by atoms with Crippen molar-refractivity contribution in [3.63, 3.8) is 0 Å². The van der Waals surface area contributed by atoms with Crippen LogP contribution in [-0.4, -0.2) is 0 Å². The standard InChI is InChI=1S/C36H34F6O/c1-2-3-4-5-23-6-8-24(9-7-23)25-10-12-26(13-11-25)28-16-19-31(32(37)20-28)27-14-17-29(18-15-27)36(41,42)43-30-21-33(38)35(40)34(39)22-30/h10-24H,2-9H2,1H3. The Balaban J connectivity index is 1.23. The predicted molar refractivity (Wildman–Crippen MR) is 157 cm³/mol. The van der Waals surface area contributed by atoms with E-state index in [-0.39, 0.29) is 5.56 Å². The topological polar surface area (TPSA) is 9.23 Å². The van der Waals surface area contributed by atoms with Gasteiger partial charge in [0.1, 0.15) is 11.6 Å². The van der Waals surface area contributed by atoms with Gasteiger partial charge in [-0.1, -0.05) is 81.1 Å². The third-order valence-electron chi connectivity index (χ3n) is 8.48. The first-order valence-electron chi connectivity index (χ1n) is 14.9. The molecule has 5 rings (SSSR count). The van der Waals surface area contributed by atoms with E-state index in [0.29, 0.717) is 29.2 Å². The molecule has 1 fully saturated rings. The summed E-state index contributed by atoms with van der Waals surface area (Å²) >= 11 is 0. The van der Waals surface area contributed by atoms with Crippen LogP contribution in [0, 0.1) is 29.2 Å². The molecule has 0 amide bonds. The normalized spacial score (nSPS) is 17.2. The van der Waals surface area contributed by atoms with Crippen LogP contribution in [0.4, 0.5) is 26.3 Å². The largest absolute Gasteiger partial charge is 0.429 e. The van der Waals surface area contributed by atoms with Crippen molar-refractivity contribution in [1.82, 2.24) is 0 Å². The first kappa shape index (κ1) is 30.7. The summed E-state index contributed by atoms with van der Waals surface area (Å²) in [5.74, 6) is -5.04. The molecule has 4 aromatic carbocycles. The zero-order chi connectivity index (χ0) is 30.6. The number of rotatable bonds is 10. The lowest BCUT2D eigenvalue weighted by molar-refractivity contribution is -0.185. The quantitative estimate of drug-likeness (QED) is 0.101. The first-order chi connectivity index (χ1) is 20.6. The van der Waals surface area contributed by atoms with Gasteiger partial charge >= 0.3 is 6.11 Å². The Morgan fingerprint density at radius 3 is 1.88 bits per heavy atom. The Bertz CT molecular complexity index is 1500. The Labute approximate surface area is 248 Å². The van der Waals surface area contributed by atoms with E-state index in [0.717, 1.165) is 23.6 Å². The van der Waals surface area contributed by atoms with Gasteiger partial charge in [-0.25, -0.2) is 17.6 Å². The summed E-state index contributed by atoms with van der Waals surface area (Å²) in [7, 11) is 0. The van der Waals surface area contributed by atoms with Gasteiger partial charge in [-0.2, -0.15) is 8.78 Å². The van der Waals surface area contributed by atoms with Crippen LogP contribution in [0.25, 0.3) is 22.3 Å². The molecule has 0 saturated heterocycles. The van der Waals surface area contributed by atoms with Gasteiger partial charge in [-0.15, -0.1) is 0 Å². The molecule has 1 aliphatic carbocycles. The van der Waals surface area contributed by atoms with Crippen LogP contribution < -0.4 is 4.74 Å².